The van der Waals surface area contributed by atoms with Crippen LogP contribution in [-0.2, 0) is 9.59 Å². The minimum absolute atomic E-state index is 0.101. The van der Waals surface area contributed by atoms with E-state index < -0.39 is 0 Å². The normalized spacial score (nSPS) is 17.4. The first kappa shape index (κ1) is 11.4. The Labute approximate surface area is 103 Å². The van der Waals surface area contributed by atoms with E-state index in [1.54, 1.807) is 18.2 Å². The number of rotatable bonds is 1. The monoisotopic (exact) mass is 257 g/mol. The molecule has 1 aliphatic heterocycles. The Morgan fingerprint density at radius 2 is 1.69 bits per heavy atom. The summed E-state index contributed by atoms with van der Waals surface area (Å²) in [5.74, 6) is -0.587. The number of carbonyl (C=O) groups excluding carboxylic acids is 2. The van der Waals surface area contributed by atoms with Crippen LogP contribution in [0.3, 0.4) is 0 Å². The zero-order valence-corrected chi connectivity index (χ0v) is 9.81. The predicted molar refractivity (Wildman–Crippen MR) is 61.6 cm³/mol. The summed E-state index contributed by atoms with van der Waals surface area (Å²) >= 11 is 11.7. The van der Waals surface area contributed by atoms with E-state index in [1.807, 2.05) is 0 Å². The Balaban J connectivity index is 2.26. The topological polar surface area (TPSA) is 46.2 Å². The number of piperidine rings is 1. The van der Waals surface area contributed by atoms with Crippen molar-refractivity contribution in [1.29, 1.82) is 0 Å². The first-order chi connectivity index (χ1) is 7.56. The van der Waals surface area contributed by atoms with Crippen molar-refractivity contribution in [3.05, 3.63) is 33.8 Å². The summed E-state index contributed by atoms with van der Waals surface area (Å²) in [6.45, 7) is 0. The minimum Gasteiger partial charge on any atom is -0.296 e. The number of hydrogen-bond donors (Lipinski definition) is 1. The predicted octanol–water partition coefficient (Wildman–Crippen LogP) is 2.51. The molecule has 0 unspecified atom stereocenters. The molecule has 16 heavy (non-hydrogen) atoms. The van der Waals surface area contributed by atoms with E-state index in [0.717, 1.165) is 5.56 Å². The summed E-state index contributed by atoms with van der Waals surface area (Å²) < 4.78 is 0. The Morgan fingerprint density at radius 3 is 2.25 bits per heavy atom. The number of carbonyl (C=O) groups is 2. The molecule has 84 valence electrons. The molecule has 2 amide bonds. The second-order valence-corrected chi connectivity index (χ2v) is 4.56. The molecule has 0 radical (unpaired) electrons. The van der Waals surface area contributed by atoms with E-state index in [2.05, 4.69) is 5.32 Å². The van der Waals surface area contributed by atoms with Gasteiger partial charge in [0, 0.05) is 18.8 Å². The highest BCUT2D eigenvalue weighted by molar-refractivity contribution is 6.42. The molecule has 1 heterocycles. The van der Waals surface area contributed by atoms with Crippen molar-refractivity contribution >= 4 is 35.0 Å². The highest BCUT2D eigenvalue weighted by Crippen LogP contribution is 2.31. The third-order valence-electron chi connectivity index (χ3n) is 2.56. The number of imide groups is 1. The third-order valence-corrected chi connectivity index (χ3v) is 3.30. The Hall–Kier alpha value is -1.06. The number of halogens is 2. The van der Waals surface area contributed by atoms with Gasteiger partial charge in [-0.05, 0) is 17.7 Å². The zero-order valence-electron chi connectivity index (χ0n) is 8.30. The number of benzene rings is 1. The zero-order chi connectivity index (χ0) is 11.7. The van der Waals surface area contributed by atoms with Crippen molar-refractivity contribution in [3.63, 3.8) is 0 Å². The molecule has 0 bridgehead atoms. The van der Waals surface area contributed by atoms with Gasteiger partial charge in [-0.3, -0.25) is 14.9 Å². The Morgan fingerprint density at radius 1 is 1.06 bits per heavy atom. The third kappa shape index (κ3) is 2.36. The average Bonchev–Trinajstić information content (AvgIpc) is 2.20. The van der Waals surface area contributed by atoms with Crippen molar-refractivity contribution < 1.29 is 9.59 Å². The average molecular weight is 258 g/mol. The largest absolute Gasteiger partial charge is 0.296 e. The highest BCUT2D eigenvalue weighted by Gasteiger charge is 2.26. The summed E-state index contributed by atoms with van der Waals surface area (Å²) in [6.07, 6.45) is 0.618. The van der Waals surface area contributed by atoms with Crippen LogP contribution < -0.4 is 5.32 Å². The molecule has 3 nitrogen and oxygen atoms in total. The van der Waals surface area contributed by atoms with Gasteiger partial charge in [-0.15, -0.1) is 0 Å². The molecule has 1 saturated heterocycles. The van der Waals surface area contributed by atoms with Crippen LogP contribution in [0.5, 0.6) is 0 Å². The van der Waals surface area contributed by atoms with E-state index in [1.165, 1.54) is 0 Å². The molecule has 5 heteroatoms. The molecule has 2 rings (SSSR count). The maximum absolute atomic E-state index is 11.2. The van der Waals surface area contributed by atoms with E-state index >= 15 is 0 Å². The van der Waals surface area contributed by atoms with E-state index in [0.29, 0.717) is 22.9 Å². The highest BCUT2D eigenvalue weighted by atomic mass is 35.5. The molecule has 0 spiro atoms. The number of amides is 2. The standard InChI is InChI=1S/C11H9Cl2NO2/c12-8-2-1-6(3-9(8)13)7-4-10(15)14-11(16)5-7/h1-3,7H,4-5H2,(H,14,15,16). The molecule has 0 saturated carbocycles. The fourth-order valence-corrected chi connectivity index (χ4v) is 2.09. The Kier molecular flexibility index (Phi) is 3.17. The fourth-order valence-electron chi connectivity index (χ4n) is 1.78. The lowest BCUT2D eigenvalue weighted by atomic mass is 9.89. The summed E-state index contributed by atoms with van der Waals surface area (Å²) in [7, 11) is 0. The van der Waals surface area contributed by atoms with Crippen molar-refractivity contribution in [2.45, 2.75) is 18.8 Å². The molecule has 0 aromatic heterocycles. The molecular weight excluding hydrogens is 249 g/mol. The lowest BCUT2D eigenvalue weighted by molar-refractivity contribution is -0.133. The summed E-state index contributed by atoms with van der Waals surface area (Å²) in [6, 6.07) is 5.18. The number of hydrogen-bond acceptors (Lipinski definition) is 2. The van der Waals surface area contributed by atoms with Gasteiger partial charge in [0.2, 0.25) is 11.8 Å². The molecule has 1 fully saturated rings. The molecule has 1 aromatic carbocycles. The van der Waals surface area contributed by atoms with Crippen LogP contribution >= 0.6 is 23.2 Å². The van der Waals surface area contributed by atoms with E-state index in [4.69, 9.17) is 23.2 Å². The summed E-state index contributed by atoms with van der Waals surface area (Å²) in [5.41, 5.74) is 0.873. The molecule has 0 atom stereocenters. The lowest BCUT2D eigenvalue weighted by Gasteiger charge is -2.21. The SMILES string of the molecule is O=C1CC(c2ccc(Cl)c(Cl)c2)CC(=O)N1. The van der Waals surface area contributed by atoms with Crippen LogP contribution in [0.15, 0.2) is 18.2 Å². The van der Waals surface area contributed by atoms with Gasteiger partial charge in [-0.1, -0.05) is 29.3 Å². The van der Waals surface area contributed by atoms with Crippen LogP contribution in [0.4, 0.5) is 0 Å². The van der Waals surface area contributed by atoms with Gasteiger partial charge in [0.15, 0.2) is 0 Å². The van der Waals surface area contributed by atoms with E-state index in [-0.39, 0.29) is 17.7 Å². The van der Waals surface area contributed by atoms with Gasteiger partial charge in [0.05, 0.1) is 10.0 Å². The van der Waals surface area contributed by atoms with Crippen LogP contribution in [0, 0.1) is 0 Å². The van der Waals surface area contributed by atoms with Gasteiger partial charge in [-0.25, -0.2) is 0 Å². The smallest absolute Gasteiger partial charge is 0.227 e. The van der Waals surface area contributed by atoms with Crippen molar-refractivity contribution in [2.24, 2.45) is 0 Å². The number of nitrogens with one attached hydrogen (secondary N) is 1. The van der Waals surface area contributed by atoms with Gasteiger partial charge in [-0.2, -0.15) is 0 Å². The fraction of sp³-hybridized carbons (Fsp3) is 0.273. The van der Waals surface area contributed by atoms with Gasteiger partial charge >= 0.3 is 0 Å². The molecule has 0 aliphatic carbocycles. The van der Waals surface area contributed by atoms with Gasteiger partial charge < -0.3 is 0 Å². The maximum Gasteiger partial charge on any atom is 0.227 e. The molecule has 1 aliphatic rings. The minimum atomic E-state index is -0.243. The Bertz CT molecular complexity index is 443. The molecule has 1 N–H and O–H groups in total. The van der Waals surface area contributed by atoms with Crippen LogP contribution in [-0.4, -0.2) is 11.8 Å². The van der Waals surface area contributed by atoms with Crippen molar-refractivity contribution in [1.82, 2.24) is 5.32 Å². The second kappa shape index (κ2) is 4.44. The van der Waals surface area contributed by atoms with E-state index in [9.17, 15) is 9.59 Å². The van der Waals surface area contributed by atoms with Crippen LogP contribution in [0.25, 0.3) is 0 Å². The van der Waals surface area contributed by atoms with Crippen LogP contribution in [0.2, 0.25) is 10.0 Å². The lowest BCUT2D eigenvalue weighted by Crippen LogP contribution is -2.37. The first-order valence-corrected chi connectivity index (χ1v) is 5.59. The van der Waals surface area contributed by atoms with Gasteiger partial charge in [0.1, 0.15) is 0 Å². The van der Waals surface area contributed by atoms with Crippen LogP contribution in [0.1, 0.15) is 24.3 Å². The molecular formula is C11H9Cl2NO2. The first-order valence-electron chi connectivity index (χ1n) is 4.84. The van der Waals surface area contributed by atoms with Crippen molar-refractivity contribution in [3.8, 4) is 0 Å². The maximum atomic E-state index is 11.2. The van der Waals surface area contributed by atoms with Crippen molar-refractivity contribution in [2.75, 3.05) is 0 Å². The molecule has 1 aromatic rings. The van der Waals surface area contributed by atoms with Gasteiger partial charge in [0.25, 0.3) is 0 Å². The summed E-state index contributed by atoms with van der Waals surface area (Å²) in [4.78, 5) is 22.4. The quantitative estimate of drug-likeness (QED) is 0.786. The second-order valence-electron chi connectivity index (χ2n) is 3.75. The summed E-state index contributed by atoms with van der Waals surface area (Å²) in [5, 5.41) is 3.18.